The lowest BCUT2D eigenvalue weighted by Gasteiger charge is -2.14. The van der Waals surface area contributed by atoms with Crippen LogP contribution in [0.15, 0.2) is 48.5 Å². The van der Waals surface area contributed by atoms with Crippen LogP contribution in [0.3, 0.4) is 0 Å². The average molecular weight is 368 g/mol. The highest BCUT2D eigenvalue weighted by Crippen LogP contribution is 2.21. The molecule has 0 unspecified atom stereocenters. The van der Waals surface area contributed by atoms with E-state index in [1.807, 2.05) is 74.5 Å². The summed E-state index contributed by atoms with van der Waals surface area (Å²) < 4.78 is 0. The van der Waals surface area contributed by atoms with Gasteiger partial charge in [0.2, 0.25) is 0 Å². The largest absolute Gasteiger partial charge is 0.363 e. The second kappa shape index (κ2) is 8.66. The van der Waals surface area contributed by atoms with Gasteiger partial charge in [0.05, 0.1) is 0 Å². The van der Waals surface area contributed by atoms with Crippen molar-refractivity contribution in [3.63, 3.8) is 0 Å². The lowest BCUT2D eigenvalue weighted by molar-refractivity contribution is 1.02. The minimum atomic E-state index is 0.0104. The highest BCUT2D eigenvalue weighted by atomic mass is 15.1. The fourth-order valence-electron chi connectivity index (χ4n) is 2.81. The van der Waals surface area contributed by atoms with E-state index in [2.05, 4.69) is 20.6 Å². The van der Waals surface area contributed by atoms with Crippen LogP contribution in [-0.2, 0) is 13.1 Å². The predicted molar refractivity (Wildman–Crippen MR) is 108 cm³/mol. The Morgan fingerprint density at radius 1 is 0.714 bits per heavy atom. The molecule has 0 aliphatic rings. The first-order chi connectivity index (χ1) is 13.6. The molecule has 3 aromatic rings. The first-order valence-corrected chi connectivity index (χ1v) is 8.91. The number of nitrogens with zero attached hydrogens (tertiary/aromatic N) is 4. The van der Waals surface area contributed by atoms with Crippen LogP contribution >= 0.6 is 0 Å². The van der Waals surface area contributed by atoms with Crippen LogP contribution in [0.2, 0.25) is 0 Å². The van der Waals surface area contributed by atoms with Crippen molar-refractivity contribution in [2.45, 2.75) is 26.9 Å². The van der Waals surface area contributed by atoms with Crippen LogP contribution in [0, 0.1) is 36.5 Å². The molecule has 0 saturated heterocycles. The third-order valence-corrected chi connectivity index (χ3v) is 4.52. The van der Waals surface area contributed by atoms with Gasteiger partial charge in [-0.15, -0.1) is 0 Å². The Kier molecular flexibility index (Phi) is 5.84. The first-order valence-electron chi connectivity index (χ1n) is 8.91. The van der Waals surface area contributed by atoms with Crippen molar-refractivity contribution in [3.8, 4) is 12.1 Å². The molecular weight excluding hydrogens is 348 g/mol. The lowest BCUT2D eigenvalue weighted by Crippen LogP contribution is -2.12. The molecule has 3 rings (SSSR count). The summed E-state index contributed by atoms with van der Waals surface area (Å²) in [5, 5.41) is 25.1. The molecule has 0 atom stereocenters. The van der Waals surface area contributed by atoms with E-state index in [-0.39, 0.29) is 11.4 Å². The van der Waals surface area contributed by atoms with Crippen LogP contribution in [0.5, 0.6) is 0 Å². The van der Waals surface area contributed by atoms with Gasteiger partial charge in [-0.05, 0) is 36.1 Å². The van der Waals surface area contributed by atoms with Crippen molar-refractivity contribution in [2.24, 2.45) is 0 Å². The van der Waals surface area contributed by atoms with Gasteiger partial charge < -0.3 is 10.6 Å². The summed E-state index contributed by atoms with van der Waals surface area (Å²) >= 11 is 0. The van der Waals surface area contributed by atoms with Crippen LogP contribution in [-0.4, -0.2) is 9.97 Å². The molecule has 28 heavy (non-hydrogen) atoms. The Balaban J connectivity index is 1.88. The molecule has 2 N–H and O–H groups in total. The number of anilines is 2. The zero-order chi connectivity index (χ0) is 19.9. The van der Waals surface area contributed by atoms with Crippen molar-refractivity contribution in [2.75, 3.05) is 10.6 Å². The molecule has 6 heteroatoms. The average Bonchev–Trinajstić information content (AvgIpc) is 2.72. The van der Waals surface area contributed by atoms with E-state index >= 15 is 0 Å². The summed E-state index contributed by atoms with van der Waals surface area (Å²) in [6.45, 7) is 5.16. The van der Waals surface area contributed by atoms with Gasteiger partial charge in [-0.25, -0.2) is 9.97 Å². The number of hydrogen-bond donors (Lipinski definition) is 2. The molecule has 2 aromatic carbocycles. The maximum absolute atomic E-state index is 9.29. The van der Waals surface area contributed by atoms with Gasteiger partial charge >= 0.3 is 0 Å². The van der Waals surface area contributed by atoms with Crippen molar-refractivity contribution in [1.82, 2.24) is 9.97 Å². The summed E-state index contributed by atoms with van der Waals surface area (Å²) in [6, 6.07) is 20.0. The van der Waals surface area contributed by atoms with E-state index in [4.69, 9.17) is 0 Å². The number of benzene rings is 2. The van der Waals surface area contributed by atoms with Gasteiger partial charge in [-0.2, -0.15) is 10.5 Å². The van der Waals surface area contributed by atoms with Crippen molar-refractivity contribution in [1.29, 1.82) is 10.5 Å². The van der Waals surface area contributed by atoms with E-state index in [0.717, 1.165) is 22.3 Å². The first kappa shape index (κ1) is 18.9. The van der Waals surface area contributed by atoms with Gasteiger partial charge in [0.25, 0.3) is 0 Å². The summed E-state index contributed by atoms with van der Waals surface area (Å²) in [5.41, 5.74) is 4.58. The van der Waals surface area contributed by atoms with Gasteiger partial charge in [-0.3, -0.25) is 0 Å². The van der Waals surface area contributed by atoms with Crippen LogP contribution < -0.4 is 10.6 Å². The second-order valence-corrected chi connectivity index (χ2v) is 6.40. The van der Waals surface area contributed by atoms with E-state index in [1.165, 1.54) is 0 Å². The molecule has 0 fully saturated rings. The number of hydrogen-bond acceptors (Lipinski definition) is 6. The standard InChI is InChI=1S/C22H20N6/c1-15-7-3-5-9-17(15)13-25-21-22(28-20(12-24)19(11-23)27-21)26-14-18-10-6-4-8-16(18)2/h3-10H,13-14H2,1-2H3,(H,25,27)(H,26,28). The molecule has 0 aliphatic heterocycles. The van der Waals surface area contributed by atoms with Gasteiger partial charge in [0.15, 0.2) is 23.0 Å². The minimum absolute atomic E-state index is 0.0104. The summed E-state index contributed by atoms with van der Waals surface area (Å²) in [6.07, 6.45) is 0. The molecule has 0 spiro atoms. The maximum atomic E-state index is 9.29. The Bertz CT molecular complexity index is 989. The van der Waals surface area contributed by atoms with Gasteiger partial charge in [-0.1, -0.05) is 48.5 Å². The molecule has 0 amide bonds. The third kappa shape index (κ3) is 4.25. The molecule has 138 valence electrons. The summed E-state index contributed by atoms with van der Waals surface area (Å²) in [5.74, 6) is 0.903. The van der Waals surface area contributed by atoms with Crippen molar-refractivity contribution in [3.05, 3.63) is 82.2 Å². The predicted octanol–water partition coefficient (Wildman–Crippen LogP) is 4.06. The van der Waals surface area contributed by atoms with Crippen LogP contribution in [0.4, 0.5) is 11.6 Å². The Labute approximate surface area is 164 Å². The molecule has 0 aliphatic carbocycles. The Morgan fingerprint density at radius 2 is 1.11 bits per heavy atom. The van der Waals surface area contributed by atoms with Crippen LogP contribution in [0.25, 0.3) is 0 Å². The minimum Gasteiger partial charge on any atom is -0.363 e. The topological polar surface area (TPSA) is 97.4 Å². The quantitative estimate of drug-likeness (QED) is 0.681. The van der Waals surface area contributed by atoms with Crippen molar-refractivity contribution < 1.29 is 0 Å². The normalized spacial score (nSPS) is 10.0. The van der Waals surface area contributed by atoms with Gasteiger partial charge in [0, 0.05) is 13.1 Å². The highest BCUT2D eigenvalue weighted by molar-refractivity contribution is 5.62. The Hall–Kier alpha value is -3.90. The third-order valence-electron chi connectivity index (χ3n) is 4.52. The Morgan fingerprint density at radius 3 is 1.46 bits per heavy atom. The molecular formula is C22H20N6. The van der Waals surface area contributed by atoms with Crippen LogP contribution in [0.1, 0.15) is 33.6 Å². The molecule has 0 bridgehead atoms. The second-order valence-electron chi connectivity index (χ2n) is 6.40. The fraction of sp³-hybridized carbons (Fsp3) is 0.182. The van der Waals surface area contributed by atoms with E-state index in [0.29, 0.717) is 24.7 Å². The zero-order valence-electron chi connectivity index (χ0n) is 15.8. The SMILES string of the molecule is Cc1ccccc1CNc1nc(C#N)c(C#N)nc1NCc1ccccc1C. The van der Waals surface area contributed by atoms with E-state index in [9.17, 15) is 10.5 Å². The van der Waals surface area contributed by atoms with Crippen molar-refractivity contribution >= 4 is 11.6 Å². The fourth-order valence-corrected chi connectivity index (χ4v) is 2.81. The zero-order valence-corrected chi connectivity index (χ0v) is 15.8. The number of nitriles is 2. The smallest absolute Gasteiger partial charge is 0.179 e. The number of rotatable bonds is 6. The van der Waals surface area contributed by atoms with E-state index < -0.39 is 0 Å². The highest BCUT2D eigenvalue weighted by Gasteiger charge is 2.14. The molecule has 0 saturated carbocycles. The van der Waals surface area contributed by atoms with E-state index in [1.54, 1.807) is 0 Å². The molecule has 6 nitrogen and oxygen atoms in total. The summed E-state index contributed by atoms with van der Waals surface area (Å²) in [7, 11) is 0. The number of nitrogens with one attached hydrogen (secondary N) is 2. The maximum Gasteiger partial charge on any atom is 0.179 e. The summed E-state index contributed by atoms with van der Waals surface area (Å²) in [4.78, 5) is 8.64. The molecule has 1 heterocycles. The molecule has 0 radical (unpaired) electrons. The monoisotopic (exact) mass is 368 g/mol. The van der Waals surface area contributed by atoms with Gasteiger partial charge in [0.1, 0.15) is 12.1 Å². The number of aromatic nitrogens is 2. The molecule has 1 aromatic heterocycles. The lowest BCUT2D eigenvalue weighted by atomic mass is 10.1. The number of aryl methyl sites for hydroxylation is 2.